The molecule has 0 spiro atoms. The molecule has 140 valence electrons. The van der Waals surface area contributed by atoms with Crippen LogP contribution in [0, 0.1) is 0 Å². The van der Waals surface area contributed by atoms with Gasteiger partial charge in [0.2, 0.25) is 5.91 Å². The molecule has 1 fully saturated rings. The van der Waals surface area contributed by atoms with Crippen molar-refractivity contribution in [2.45, 2.75) is 31.6 Å². The van der Waals surface area contributed by atoms with E-state index in [1.165, 1.54) is 0 Å². The number of pyridine rings is 2. The lowest BCUT2D eigenvalue weighted by molar-refractivity contribution is -0.132. The van der Waals surface area contributed by atoms with Crippen molar-refractivity contribution in [2.75, 3.05) is 20.2 Å². The summed E-state index contributed by atoms with van der Waals surface area (Å²) in [7, 11) is 1.62. The summed E-state index contributed by atoms with van der Waals surface area (Å²) in [6.07, 6.45) is 8.47. The minimum atomic E-state index is 0.197. The van der Waals surface area contributed by atoms with Gasteiger partial charge in [-0.15, -0.1) is 10.2 Å². The first-order chi connectivity index (χ1) is 13.2. The second kappa shape index (κ2) is 7.73. The second-order valence-electron chi connectivity index (χ2n) is 6.88. The van der Waals surface area contributed by atoms with Gasteiger partial charge in [-0.1, -0.05) is 6.07 Å². The fourth-order valence-electron chi connectivity index (χ4n) is 3.65. The summed E-state index contributed by atoms with van der Waals surface area (Å²) in [5, 5.41) is 8.61. The highest BCUT2D eigenvalue weighted by Gasteiger charge is 2.26. The van der Waals surface area contributed by atoms with Crippen LogP contribution in [0.25, 0.3) is 5.65 Å². The highest BCUT2D eigenvalue weighted by molar-refractivity contribution is 5.76. The van der Waals surface area contributed by atoms with Crippen LogP contribution >= 0.6 is 0 Å². The Morgan fingerprint density at radius 1 is 1.22 bits per heavy atom. The topological polar surface area (TPSA) is 72.6 Å². The predicted octanol–water partition coefficient (Wildman–Crippen LogP) is 2.47. The molecule has 3 aromatic rings. The third-order valence-corrected chi connectivity index (χ3v) is 5.19. The summed E-state index contributed by atoms with van der Waals surface area (Å²) in [4.78, 5) is 18.7. The fraction of sp³-hybridized carbons (Fsp3) is 0.400. The zero-order valence-corrected chi connectivity index (χ0v) is 15.4. The van der Waals surface area contributed by atoms with E-state index in [0.717, 1.165) is 48.7 Å². The van der Waals surface area contributed by atoms with Gasteiger partial charge in [0.05, 0.1) is 13.3 Å². The number of carbonyl (C=O) groups excluding carboxylic acids is 1. The molecule has 1 saturated heterocycles. The number of rotatable bonds is 5. The Morgan fingerprint density at radius 2 is 2.07 bits per heavy atom. The highest BCUT2D eigenvalue weighted by Crippen LogP contribution is 2.27. The van der Waals surface area contributed by atoms with E-state index in [1.807, 2.05) is 35.4 Å². The molecule has 0 unspecified atom stereocenters. The molecule has 1 aliphatic rings. The number of amides is 1. The Hall–Kier alpha value is -2.96. The van der Waals surface area contributed by atoms with Gasteiger partial charge in [-0.3, -0.25) is 14.2 Å². The number of methoxy groups -OCH3 is 1. The van der Waals surface area contributed by atoms with Crippen molar-refractivity contribution in [2.24, 2.45) is 0 Å². The number of aromatic nitrogens is 4. The van der Waals surface area contributed by atoms with Crippen LogP contribution in [0.15, 0.2) is 42.9 Å². The molecule has 0 saturated carbocycles. The summed E-state index contributed by atoms with van der Waals surface area (Å²) in [5.74, 6) is 2.26. The van der Waals surface area contributed by atoms with Crippen molar-refractivity contribution in [1.82, 2.24) is 24.5 Å². The van der Waals surface area contributed by atoms with E-state index in [2.05, 4.69) is 19.6 Å². The molecule has 0 aromatic carbocycles. The van der Waals surface area contributed by atoms with Crippen LogP contribution in [-0.4, -0.2) is 50.6 Å². The zero-order chi connectivity index (χ0) is 18.6. The molecule has 0 bridgehead atoms. The lowest BCUT2D eigenvalue weighted by atomic mass is 9.95. The van der Waals surface area contributed by atoms with E-state index < -0.39 is 0 Å². The van der Waals surface area contributed by atoms with Gasteiger partial charge in [0.15, 0.2) is 5.65 Å². The number of hydrogen-bond donors (Lipinski definition) is 0. The normalized spacial score (nSPS) is 15.2. The molecule has 0 radical (unpaired) electrons. The van der Waals surface area contributed by atoms with E-state index in [4.69, 9.17) is 4.74 Å². The zero-order valence-electron chi connectivity index (χ0n) is 15.4. The van der Waals surface area contributed by atoms with Gasteiger partial charge in [-0.25, -0.2) is 0 Å². The van der Waals surface area contributed by atoms with Gasteiger partial charge in [-0.05, 0) is 43.0 Å². The first kappa shape index (κ1) is 17.5. The van der Waals surface area contributed by atoms with Gasteiger partial charge >= 0.3 is 0 Å². The van der Waals surface area contributed by atoms with E-state index in [9.17, 15) is 4.79 Å². The van der Waals surface area contributed by atoms with Gasteiger partial charge < -0.3 is 9.64 Å². The van der Waals surface area contributed by atoms with Crippen molar-refractivity contribution in [1.29, 1.82) is 0 Å². The molecule has 7 heteroatoms. The molecular formula is C20H23N5O2. The van der Waals surface area contributed by atoms with Crippen LogP contribution in [0.3, 0.4) is 0 Å². The van der Waals surface area contributed by atoms with Crippen molar-refractivity contribution in [3.63, 3.8) is 0 Å². The molecule has 4 rings (SSSR count). The van der Waals surface area contributed by atoms with Gasteiger partial charge in [0.1, 0.15) is 11.6 Å². The Kier molecular flexibility index (Phi) is 5.00. The number of hydrogen-bond acceptors (Lipinski definition) is 5. The molecule has 0 aliphatic carbocycles. The number of aryl methyl sites for hydroxylation is 1. The van der Waals surface area contributed by atoms with Gasteiger partial charge in [-0.2, -0.15) is 0 Å². The third-order valence-electron chi connectivity index (χ3n) is 5.19. The Bertz CT molecular complexity index is 931. The van der Waals surface area contributed by atoms with E-state index in [1.54, 1.807) is 19.5 Å². The lowest BCUT2D eigenvalue weighted by Crippen LogP contribution is -2.38. The van der Waals surface area contributed by atoms with Crippen LogP contribution in [0.2, 0.25) is 0 Å². The molecule has 3 aromatic heterocycles. The Balaban J connectivity index is 1.32. The smallest absolute Gasteiger partial charge is 0.222 e. The maximum Gasteiger partial charge on any atom is 0.222 e. The fourth-order valence-corrected chi connectivity index (χ4v) is 3.65. The number of fused-ring (bicyclic) bond motifs is 1. The van der Waals surface area contributed by atoms with Crippen molar-refractivity contribution < 1.29 is 9.53 Å². The summed E-state index contributed by atoms with van der Waals surface area (Å²) in [6.45, 7) is 1.53. The second-order valence-corrected chi connectivity index (χ2v) is 6.88. The van der Waals surface area contributed by atoms with Crippen molar-refractivity contribution in [3.8, 4) is 5.75 Å². The minimum absolute atomic E-state index is 0.197. The third kappa shape index (κ3) is 3.77. The van der Waals surface area contributed by atoms with E-state index in [-0.39, 0.29) is 5.91 Å². The van der Waals surface area contributed by atoms with Gasteiger partial charge in [0.25, 0.3) is 0 Å². The van der Waals surface area contributed by atoms with Crippen LogP contribution < -0.4 is 4.74 Å². The average molecular weight is 365 g/mol. The maximum absolute atomic E-state index is 12.6. The number of nitrogens with zero attached hydrogens (tertiary/aromatic N) is 5. The summed E-state index contributed by atoms with van der Waals surface area (Å²) < 4.78 is 7.24. The molecular weight excluding hydrogens is 342 g/mol. The number of piperidine rings is 1. The molecule has 4 heterocycles. The summed E-state index contributed by atoms with van der Waals surface area (Å²) >= 11 is 0. The standard InChI is InChI=1S/C20H23N5O2/c1-27-17-12-15(13-21-14-17)5-6-19(26)24-10-7-16(8-11-24)20-23-22-18-4-2-3-9-25(18)20/h2-4,9,12-14,16H,5-8,10-11H2,1H3. The van der Waals surface area contributed by atoms with Crippen LogP contribution in [-0.2, 0) is 11.2 Å². The number of ether oxygens (including phenoxy) is 1. The number of likely N-dealkylation sites (tertiary alicyclic amines) is 1. The average Bonchev–Trinajstić information content (AvgIpc) is 3.16. The van der Waals surface area contributed by atoms with E-state index >= 15 is 0 Å². The minimum Gasteiger partial charge on any atom is -0.495 e. The SMILES string of the molecule is COc1cncc(CCC(=O)N2CCC(c3nnc4ccccn34)CC2)c1. The van der Waals surface area contributed by atoms with Crippen molar-refractivity contribution in [3.05, 3.63) is 54.2 Å². The lowest BCUT2D eigenvalue weighted by Gasteiger charge is -2.31. The number of carbonyl (C=O) groups is 1. The largest absolute Gasteiger partial charge is 0.495 e. The monoisotopic (exact) mass is 365 g/mol. The summed E-state index contributed by atoms with van der Waals surface area (Å²) in [5.41, 5.74) is 1.89. The molecule has 1 aliphatic heterocycles. The Labute approximate surface area is 158 Å². The molecule has 7 nitrogen and oxygen atoms in total. The van der Waals surface area contributed by atoms with Crippen LogP contribution in [0.5, 0.6) is 5.75 Å². The molecule has 27 heavy (non-hydrogen) atoms. The first-order valence-electron chi connectivity index (χ1n) is 9.30. The van der Waals surface area contributed by atoms with Crippen LogP contribution in [0.4, 0.5) is 0 Å². The maximum atomic E-state index is 12.6. The van der Waals surface area contributed by atoms with Crippen LogP contribution in [0.1, 0.15) is 36.6 Å². The highest BCUT2D eigenvalue weighted by atomic mass is 16.5. The molecule has 1 amide bonds. The summed E-state index contributed by atoms with van der Waals surface area (Å²) in [6, 6.07) is 7.85. The van der Waals surface area contributed by atoms with E-state index in [0.29, 0.717) is 18.8 Å². The molecule has 0 atom stereocenters. The van der Waals surface area contributed by atoms with Crippen molar-refractivity contribution >= 4 is 11.6 Å². The van der Waals surface area contributed by atoms with Gasteiger partial charge in [0, 0.05) is 37.8 Å². The first-order valence-corrected chi connectivity index (χ1v) is 9.30. The Morgan fingerprint density at radius 3 is 2.89 bits per heavy atom. The quantitative estimate of drug-likeness (QED) is 0.694. The molecule has 0 N–H and O–H groups in total. The predicted molar refractivity (Wildman–Crippen MR) is 101 cm³/mol.